The molecular weight excluding hydrogens is 242 g/mol. The van der Waals surface area contributed by atoms with Crippen LogP contribution in [0.2, 0.25) is 0 Å². The van der Waals surface area contributed by atoms with E-state index in [2.05, 4.69) is 27.7 Å². The summed E-state index contributed by atoms with van der Waals surface area (Å²) in [5, 5.41) is 8.68. The molecule has 0 aromatic rings. The molecule has 1 fully saturated rings. The number of aliphatic carboxylic acids is 1. The molecule has 0 aromatic heterocycles. The highest BCUT2D eigenvalue weighted by Crippen LogP contribution is 2.30. The fraction of sp³-hybridized carbons (Fsp3) is 0.867. The summed E-state index contributed by atoms with van der Waals surface area (Å²) >= 11 is 0. The van der Waals surface area contributed by atoms with Gasteiger partial charge in [-0.15, -0.1) is 0 Å². The lowest BCUT2D eigenvalue weighted by Crippen LogP contribution is -2.32. The molecular formula is C15H27NO3. The Bertz CT molecular complexity index is 333. The number of likely N-dealkylation sites (tertiary alicyclic amines) is 1. The molecule has 4 heteroatoms. The normalized spacial score (nSPS) is 21.5. The van der Waals surface area contributed by atoms with E-state index < -0.39 is 5.97 Å². The largest absolute Gasteiger partial charge is 0.481 e. The minimum absolute atomic E-state index is 0.151. The quantitative estimate of drug-likeness (QED) is 0.835. The predicted molar refractivity (Wildman–Crippen MR) is 74.8 cm³/mol. The van der Waals surface area contributed by atoms with Crippen LogP contribution in [0.5, 0.6) is 0 Å². The number of amides is 1. The zero-order valence-electron chi connectivity index (χ0n) is 12.6. The first-order chi connectivity index (χ1) is 8.70. The van der Waals surface area contributed by atoms with Gasteiger partial charge in [-0.05, 0) is 30.1 Å². The first kappa shape index (κ1) is 16.0. The zero-order chi connectivity index (χ0) is 14.6. The van der Waals surface area contributed by atoms with Crippen molar-refractivity contribution < 1.29 is 14.7 Å². The van der Waals surface area contributed by atoms with E-state index in [0.717, 1.165) is 19.5 Å². The van der Waals surface area contributed by atoms with Crippen LogP contribution in [0, 0.1) is 17.3 Å². The molecule has 0 spiro atoms. The number of nitrogens with zero attached hydrogens (tertiary/aromatic N) is 1. The Morgan fingerprint density at radius 3 is 2.53 bits per heavy atom. The Hall–Kier alpha value is -1.06. The smallest absolute Gasteiger partial charge is 0.303 e. The summed E-state index contributed by atoms with van der Waals surface area (Å²) in [4.78, 5) is 24.7. The van der Waals surface area contributed by atoms with Crippen molar-refractivity contribution in [3.8, 4) is 0 Å². The first-order valence-electron chi connectivity index (χ1n) is 7.19. The summed E-state index contributed by atoms with van der Waals surface area (Å²) in [6.07, 6.45) is 2.44. The maximum Gasteiger partial charge on any atom is 0.303 e. The van der Waals surface area contributed by atoms with Gasteiger partial charge in [0.25, 0.3) is 0 Å². The molecule has 1 aliphatic heterocycles. The molecule has 1 heterocycles. The highest BCUT2D eigenvalue weighted by atomic mass is 16.4. The number of carboxylic acid groups (broad SMARTS) is 1. The van der Waals surface area contributed by atoms with Crippen LogP contribution >= 0.6 is 0 Å². The summed E-state index contributed by atoms with van der Waals surface area (Å²) in [7, 11) is 0. The van der Waals surface area contributed by atoms with E-state index in [-0.39, 0.29) is 17.7 Å². The first-order valence-corrected chi connectivity index (χ1v) is 7.19. The van der Waals surface area contributed by atoms with Crippen LogP contribution in [0.25, 0.3) is 0 Å². The average molecular weight is 269 g/mol. The van der Waals surface area contributed by atoms with Gasteiger partial charge in [-0.1, -0.05) is 27.7 Å². The van der Waals surface area contributed by atoms with Gasteiger partial charge in [-0.2, -0.15) is 0 Å². The molecule has 0 saturated carbocycles. The van der Waals surface area contributed by atoms with Crippen LogP contribution in [-0.2, 0) is 9.59 Å². The highest BCUT2D eigenvalue weighted by Gasteiger charge is 2.29. The van der Waals surface area contributed by atoms with Crippen LogP contribution in [0.3, 0.4) is 0 Å². The zero-order valence-corrected chi connectivity index (χ0v) is 12.6. The van der Waals surface area contributed by atoms with Gasteiger partial charge in [0, 0.05) is 25.9 Å². The molecule has 0 aromatic carbocycles. The third kappa shape index (κ3) is 5.21. The van der Waals surface area contributed by atoms with Crippen molar-refractivity contribution in [2.75, 3.05) is 13.1 Å². The number of carboxylic acids is 1. The lowest BCUT2D eigenvalue weighted by atomic mass is 9.80. The van der Waals surface area contributed by atoms with Crippen LogP contribution in [0.4, 0.5) is 0 Å². The summed E-state index contributed by atoms with van der Waals surface area (Å²) in [5.41, 5.74) is 0.151. The molecule has 1 amide bonds. The predicted octanol–water partition coefficient (Wildman–Crippen LogP) is 2.77. The van der Waals surface area contributed by atoms with Gasteiger partial charge in [-0.25, -0.2) is 0 Å². The van der Waals surface area contributed by atoms with Crippen molar-refractivity contribution in [3.05, 3.63) is 0 Å². The van der Waals surface area contributed by atoms with Crippen molar-refractivity contribution in [3.63, 3.8) is 0 Å². The van der Waals surface area contributed by atoms with Crippen molar-refractivity contribution in [2.24, 2.45) is 17.3 Å². The molecule has 4 nitrogen and oxygen atoms in total. The lowest BCUT2D eigenvalue weighted by molar-refractivity contribution is -0.137. The summed E-state index contributed by atoms with van der Waals surface area (Å²) in [6.45, 7) is 10.1. The summed E-state index contributed by atoms with van der Waals surface area (Å²) in [5.74, 6) is 0.203. The maximum atomic E-state index is 12.2. The Kier molecular flexibility index (Phi) is 5.39. The topological polar surface area (TPSA) is 57.6 Å². The highest BCUT2D eigenvalue weighted by molar-refractivity contribution is 5.76. The summed E-state index contributed by atoms with van der Waals surface area (Å²) in [6, 6.07) is 0. The van der Waals surface area contributed by atoms with Crippen LogP contribution in [0.1, 0.15) is 53.4 Å². The molecule has 2 unspecified atom stereocenters. The minimum Gasteiger partial charge on any atom is -0.481 e. The second-order valence-corrected chi connectivity index (χ2v) is 6.90. The Labute approximate surface area is 116 Å². The Morgan fingerprint density at radius 1 is 1.37 bits per heavy atom. The molecule has 19 heavy (non-hydrogen) atoms. The van der Waals surface area contributed by atoms with Gasteiger partial charge in [0.2, 0.25) is 5.91 Å². The van der Waals surface area contributed by atoms with E-state index in [1.165, 1.54) is 0 Å². The summed E-state index contributed by atoms with van der Waals surface area (Å²) < 4.78 is 0. The number of rotatable bonds is 5. The van der Waals surface area contributed by atoms with Gasteiger partial charge in [0.15, 0.2) is 0 Å². The van der Waals surface area contributed by atoms with Crippen molar-refractivity contribution in [1.82, 2.24) is 4.90 Å². The van der Waals surface area contributed by atoms with Gasteiger partial charge in [0.1, 0.15) is 0 Å². The van der Waals surface area contributed by atoms with Crippen molar-refractivity contribution in [2.45, 2.75) is 53.4 Å². The van der Waals surface area contributed by atoms with E-state index in [1.807, 2.05) is 4.90 Å². The number of carbonyl (C=O) groups excluding carboxylic acids is 1. The van der Waals surface area contributed by atoms with Crippen LogP contribution in [-0.4, -0.2) is 35.0 Å². The molecule has 0 radical (unpaired) electrons. The molecule has 1 aliphatic rings. The molecule has 2 atom stereocenters. The SMILES string of the molecule is CC(CC(=O)N1CCC(CCC(=O)O)C1)C(C)(C)C. The van der Waals surface area contributed by atoms with E-state index >= 15 is 0 Å². The third-order valence-electron chi connectivity index (χ3n) is 4.36. The second-order valence-electron chi connectivity index (χ2n) is 6.90. The monoisotopic (exact) mass is 269 g/mol. The van der Waals surface area contributed by atoms with Gasteiger partial charge < -0.3 is 10.0 Å². The molecule has 0 aliphatic carbocycles. The van der Waals surface area contributed by atoms with Gasteiger partial charge >= 0.3 is 5.97 Å². The molecule has 1 N–H and O–H groups in total. The standard InChI is InChI=1S/C15H27NO3/c1-11(15(2,3)4)9-13(17)16-8-7-12(10-16)5-6-14(18)19/h11-12H,5-10H2,1-4H3,(H,18,19). The van der Waals surface area contributed by atoms with E-state index in [4.69, 9.17) is 5.11 Å². The van der Waals surface area contributed by atoms with Gasteiger partial charge in [0.05, 0.1) is 0 Å². The third-order valence-corrected chi connectivity index (χ3v) is 4.36. The van der Waals surface area contributed by atoms with E-state index in [0.29, 0.717) is 24.7 Å². The van der Waals surface area contributed by atoms with Crippen LogP contribution < -0.4 is 0 Å². The van der Waals surface area contributed by atoms with E-state index in [1.54, 1.807) is 0 Å². The minimum atomic E-state index is -0.744. The van der Waals surface area contributed by atoms with Crippen LogP contribution in [0.15, 0.2) is 0 Å². The number of hydrogen-bond acceptors (Lipinski definition) is 2. The fourth-order valence-electron chi connectivity index (χ4n) is 2.32. The Morgan fingerprint density at radius 2 is 2.00 bits per heavy atom. The van der Waals surface area contributed by atoms with Crippen molar-refractivity contribution in [1.29, 1.82) is 0 Å². The Balaban J connectivity index is 2.38. The van der Waals surface area contributed by atoms with Crippen molar-refractivity contribution >= 4 is 11.9 Å². The van der Waals surface area contributed by atoms with E-state index in [9.17, 15) is 9.59 Å². The number of carbonyl (C=O) groups is 2. The molecule has 1 rings (SSSR count). The average Bonchev–Trinajstić information content (AvgIpc) is 2.73. The lowest BCUT2D eigenvalue weighted by Gasteiger charge is -2.28. The molecule has 110 valence electrons. The second kappa shape index (κ2) is 6.40. The fourth-order valence-corrected chi connectivity index (χ4v) is 2.32. The molecule has 0 bridgehead atoms. The number of hydrogen-bond donors (Lipinski definition) is 1. The molecule has 1 saturated heterocycles. The maximum absolute atomic E-state index is 12.2. The van der Waals surface area contributed by atoms with Gasteiger partial charge in [-0.3, -0.25) is 9.59 Å².